The molecule has 0 bridgehead atoms. The van der Waals surface area contributed by atoms with E-state index in [-0.39, 0.29) is 6.54 Å². The van der Waals surface area contributed by atoms with Crippen LogP contribution in [0.25, 0.3) is 11.5 Å². The second-order valence-electron chi connectivity index (χ2n) is 5.16. The summed E-state index contributed by atoms with van der Waals surface area (Å²) in [5.74, 6) is 1.32. The summed E-state index contributed by atoms with van der Waals surface area (Å²) >= 11 is 0. The van der Waals surface area contributed by atoms with Gasteiger partial charge in [-0.05, 0) is 42.5 Å². The molecule has 3 rings (SSSR count). The highest BCUT2D eigenvalue weighted by Crippen LogP contribution is 2.30. The van der Waals surface area contributed by atoms with E-state index in [4.69, 9.17) is 9.15 Å². The second-order valence-corrected chi connectivity index (χ2v) is 5.16. The Morgan fingerprint density at radius 1 is 1.08 bits per heavy atom. The molecule has 0 radical (unpaired) electrons. The third kappa shape index (κ3) is 4.09. The van der Waals surface area contributed by atoms with E-state index in [1.165, 1.54) is 12.1 Å². The van der Waals surface area contributed by atoms with Gasteiger partial charge in [-0.15, -0.1) is 10.2 Å². The Kier molecular flexibility index (Phi) is 4.60. The minimum Gasteiger partial charge on any atom is -0.497 e. The number of hydrogen-bond acceptors (Lipinski definition) is 5. The van der Waals surface area contributed by atoms with E-state index in [0.717, 1.165) is 12.1 Å². The van der Waals surface area contributed by atoms with E-state index >= 15 is 0 Å². The van der Waals surface area contributed by atoms with Gasteiger partial charge in [0.05, 0.1) is 19.2 Å². The third-order valence-electron chi connectivity index (χ3n) is 3.44. The van der Waals surface area contributed by atoms with Crippen LogP contribution in [-0.4, -0.2) is 17.3 Å². The maximum atomic E-state index is 12.5. The molecule has 0 atom stereocenters. The number of anilines is 1. The molecule has 0 saturated heterocycles. The van der Waals surface area contributed by atoms with Gasteiger partial charge >= 0.3 is 6.18 Å². The summed E-state index contributed by atoms with van der Waals surface area (Å²) in [6, 6.07) is 11.9. The highest BCUT2D eigenvalue weighted by Gasteiger charge is 2.29. The van der Waals surface area contributed by atoms with Crippen molar-refractivity contribution in [2.75, 3.05) is 12.4 Å². The largest absolute Gasteiger partial charge is 0.497 e. The zero-order chi connectivity index (χ0) is 17.9. The molecule has 0 fully saturated rings. The Balaban J connectivity index is 1.65. The first-order valence-electron chi connectivity index (χ1n) is 7.33. The minimum atomic E-state index is -4.35. The smallest absolute Gasteiger partial charge is 0.416 e. The summed E-state index contributed by atoms with van der Waals surface area (Å²) in [5.41, 5.74) is 0.540. The molecule has 1 aromatic heterocycles. The van der Waals surface area contributed by atoms with Gasteiger partial charge < -0.3 is 14.5 Å². The molecule has 0 amide bonds. The van der Waals surface area contributed by atoms with Crippen molar-refractivity contribution >= 4 is 5.69 Å². The fraction of sp³-hybridized carbons (Fsp3) is 0.176. The van der Waals surface area contributed by atoms with Crippen LogP contribution < -0.4 is 10.1 Å². The lowest BCUT2D eigenvalue weighted by atomic mass is 10.2. The van der Waals surface area contributed by atoms with Crippen molar-refractivity contribution in [3.05, 3.63) is 60.0 Å². The summed E-state index contributed by atoms with van der Waals surface area (Å²) in [7, 11) is 1.56. The zero-order valence-corrected chi connectivity index (χ0v) is 13.2. The first kappa shape index (κ1) is 16.8. The zero-order valence-electron chi connectivity index (χ0n) is 13.2. The molecule has 5 nitrogen and oxygen atoms in total. The average molecular weight is 349 g/mol. The molecule has 0 aliphatic carbocycles. The number of nitrogens with zero attached hydrogens (tertiary/aromatic N) is 2. The van der Waals surface area contributed by atoms with Gasteiger partial charge in [0.1, 0.15) is 5.75 Å². The lowest BCUT2D eigenvalue weighted by Crippen LogP contribution is -2.05. The predicted octanol–water partition coefficient (Wildman–Crippen LogP) is 4.38. The second kappa shape index (κ2) is 6.84. The molecule has 8 heteroatoms. The number of ether oxygens (including phenoxy) is 1. The summed E-state index contributed by atoms with van der Waals surface area (Å²) in [6.45, 7) is 0.197. The van der Waals surface area contributed by atoms with Crippen LogP contribution in [0.15, 0.2) is 52.9 Å². The summed E-state index contributed by atoms with van der Waals surface area (Å²) in [4.78, 5) is 0. The van der Waals surface area contributed by atoms with Crippen molar-refractivity contribution in [2.45, 2.75) is 12.7 Å². The van der Waals surface area contributed by atoms with Gasteiger partial charge in [0.15, 0.2) is 0 Å². The van der Waals surface area contributed by atoms with Crippen LogP contribution in [0.3, 0.4) is 0 Å². The molecule has 0 aliphatic heterocycles. The van der Waals surface area contributed by atoms with Crippen molar-refractivity contribution in [1.82, 2.24) is 10.2 Å². The highest BCUT2D eigenvalue weighted by atomic mass is 19.4. The van der Waals surface area contributed by atoms with E-state index in [2.05, 4.69) is 15.5 Å². The van der Waals surface area contributed by atoms with E-state index < -0.39 is 11.7 Å². The molecule has 0 saturated carbocycles. The Hall–Kier alpha value is -3.03. The third-order valence-corrected chi connectivity index (χ3v) is 3.44. The molecular weight excluding hydrogens is 335 g/mol. The number of benzene rings is 2. The Bertz CT molecular complexity index is 845. The molecule has 0 aliphatic rings. The molecular formula is C17H14F3N3O2. The fourth-order valence-electron chi connectivity index (χ4n) is 2.15. The van der Waals surface area contributed by atoms with E-state index in [0.29, 0.717) is 28.8 Å². The standard InChI is InChI=1S/C17H14F3N3O2/c1-24-14-4-2-3-11(9-14)16-23-22-15(25-16)10-21-13-7-5-12(6-8-13)17(18,19)20/h2-9,21H,10H2,1H3. The topological polar surface area (TPSA) is 60.2 Å². The van der Waals surface area contributed by atoms with Gasteiger partial charge in [-0.25, -0.2) is 0 Å². The van der Waals surface area contributed by atoms with E-state index in [1.54, 1.807) is 25.3 Å². The molecule has 1 heterocycles. The first-order chi connectivity index (χ1) is 12.0. The van der Waals surface area contributed by atoms with E-state index in [1.807, 2.05) is 6.07 Å². The molecule has 0 spiro atoms. The van der Waals surface area contributed by atoms with Crippen molar-refractivity contribution in [2.24, 2.45) is 0 Å². The molecule has 25 heavy (non-hydrogen) atoms. The SMILES string of the molecule is COc1cccc(-c2nnc(CNc3ccc(C(F)(F)F)cc3)o2)c1. The van der Waals surface area contributed by atoms with Crippen molar-refractivity contribution in [1.29, 1.82) is 0 Å². The van der Waals surface area contributed by atoms with Crippen LogP contribution in [-0.2, 0) is 12.7 Å². The lowest BCUT2D eigenvalue weighted by Gasteiger charge is -2.08. The molecule has 2 aromatic carbocycles. The van der Waals surface area contributed by atoms with Crippen LogP contribution in [0.4, 0.5) is 18.9 Å². The van der Waals surface area contributed by atoms with Crippen LogP contribution in [0.2, 0.25) is 0 Å². The maximum Gasteiger partial charge on any atom is 0.416 e. The van der Waals surface area contributed by atoms with Gasteiger partial charge in [0.25, 0.3) is 0 Å². The normalized spacial score (nSPS) is 11.4. The van der Waals surface area contributed by atoms with Crippen LogP contribution in [0, 0.1) is 0 Å². The summed E-state index contributed by atoms with van der Waals surface area (Å²) in [5, 5.41) is 10.8. The average Bonchev–Trinajstić information content (AvgIpc) is 3.09. The lowest BCUT2D eigenvalue weighted by molar-refractivity contribution is -0.137. The van der Waals surface area contributed by atoms with Crippen LogP contribution >= 0.6 is 0 Å². The molecule has 130 valence electrons. The quantitative estimate of drug-likeness (QED) is 0.741. The number of rotatable bonds is 5. The molecule has 3 aromatic rings. The minimum absolute atomic E-state index is 0.197. The predicted molar refractivity (Wildman–Crippen MR) is 85.1 cm³/mol. The van der Waals surface area contributed by atoms with Crippen molar-refractivity contribution in [3.8, 4) is 17.2 Å². The molecule has 1 N–H and O–H groups in total. The number of hydrogen-bond donors (Lipinski definition) is 1. The monoisotopic (exact) mass is 349 g/mol. The van der Waals surface area contributed by atoms with Gasteiger partial charge in [-0.3, -0.25) is 0 Å². The van der Waals surface area contributed by atoms with Crippen LogP contribution in [0.5, 0.6) is 5.75 Å². The van der Waals surface area contributed by atoms with Crippen molar-refractivity contribution in [3.63, 3.8) is 0 Å². The Labute approximate surface area is 141 Å². The fourth-order valence-corrected chi connectivity index (χ4v) is 2.15. The van der Waals surface area contributed by atoms with Crippen LogP contribution in [0.1, 0.15) is 11.5 Å². The number of methoxy groups -OCH3 is 1. The number of alkyl halides is 3. The van der Waals surface area contributed by atoms with Gasteiger partial charge in [0.2, 0.25) is 11.8 Å². The van der Waals surface area contributed by atoms with Gasteiger partial charge in [-0.2, -0.15) is 13.2 Å². The Morgan fingerprint density at radius 2 is 1.84 bits per heavy atom. The summed E-state index contributed by atoms with van der Waals surface area (Å²) in [6.07, 6.45) is -4.35. The maximum absolute atomic E-state index is 12.5. The number of halogens is 3. The first-order valence-corrected chi connectivity index (χ1v) is 7.33. The number of aromatic nitrogens is 2. The highest BCUT2D eigenvalue weighted by molar-refractivity contribution is 5.55. The molecule has 0 unspecified atom stereocenters. The van der Waals surface area contributed by atoms with Gasteiger partial charge in [-0.1, -0.05) is 6.07 Å². The summed E-state index contributed by atoms with van der Waals surface area (Å²) < 4.78 is 48.3. The number of nitrogens with one attached hydrogen (secondary N) is 1. The van der Waals surface area contributed by atoms with E-state index in [9.17, 15) is 13.2 Å². The Morgan fingerprint density at radius 3 is 2.52 bits per heavy atom. The van der Waals surface area contributed by atoms with Gasteiger partial charge in [0, 0.05) is 11.3 Å². The van der Waals surface area contributed by atoms with Crippen molar-refractivity contribution < 1.29 is 22.3 Å².